The lowest BCUT2D eigenvalue weighted by Gasteiger charge is -2.13. The van der Waals surface area contributed by atoms with Crippen LogP contribution < -0.4 is 5.32 Å². The predicted octanol–water partition coefficient (Wildman–Crippen LogP) is 0.694. The monoisotopic (exact) mass is 290 g/mol. The molecule has 21 heavy (non-hydrogen) atoms. The number of rotatable bonds is 6. The molecular weight excluding hydrogens is 276 g/mol. The van der Waals surface area contributed by atoms with Gasteiger partial charge in [-0.15, -0.1) is 0 Å². The number of esters is 1. The zero-order valence-electron chi connectivity index (χ0n) is 11.3. The van der Waals surface area contributed by atoms with Crippen molar-refractivity contribution in [2.45, 2.75) is 19.4 Å². The van der Waals surface area contributed by atoms with E-state index in [1.54, 1.807) is 6.92 Å². The third-order valence-electron chi connectivity index (χ3n) is 2.56. The van der Waals surface area contributed by atoms with E-state index < -0.39 is 30.3 Å². The van der Waals surface area contributed by atoms with Crippen molar-refractivity contribution in [1.29, 1.82) is 5.26 Å². The molecule has 1 amide bonds. The molecule has 1 aromatic carbocycles. The summed E-state index contributed by atoms with van der Waals surface area (Å²) in [5.41, 5.74) is 0.581. The van der Waals surface area contributed by atoms with E-state index in [2.05, 4.69) is 10.1 Å². The minimum Gasteiger partial charge on any atom is -0.480 e. The van der Waals surface area contributed by atoms with Crippen LogP contribution in [-0.2, 0) is 14.3 Å². The molecule has 0 aliphatic rings. The quantitative estimate of drug-likeness (QED) is 0.745. The Balaban J connectivity index is 2.74. The topological polar surface area (TPSA) is 116 Å². The molecule has 0 heterocycles. The molecule has 0 aliphatic heterocycles. The van der Waals surface area contributed by atoms with Gasteiger partial charge in [0, 0.05) is 5.56 Å². The average molecular weight is 290 g/mol. The Hall–Kier alpha value is -2.88. The van der Waals surface area contributed by atoms with E-state index in [0.29, 0.717) is 5.56 Å². The predicted molar refractivity (Wildman–Crippen MR) is 71.3 cm³/mol. The Kier molecular flexibility index (Phi) is 5.89. The van der Waals surface area contributed by atoms with Crippen LogP contribution in [0.1, 0.15) is 29.3 Å². The van der Waals surface area contributed by atoms with E-state index in [0.717, 1.165) is 0 Å². The fraction of sp³-hybridized carbons (Fsp3) is 0.286. The SMILES string of the molecule is CCOC(=O)C[C@H](NC(=O)c1ccc(C#N)cc1)C(=O)O. The van der Waals surface area contributed by atoms with Crippen molar-refractivity contribution >= 4 is 17.8 Å². The number of carbonyl (C=O) groups excluding carboxylic acids is 2. The number of hydrogen-bond acceptors (Lipinski definition) is 5. The van der Waals surface area contributed by atoms with Crippen LogP contribution in [0.15, 0.2) is 24.3 Å². The second kappa shape index (κ2) is 7.65. The first kappa shape index (κ1) is 16.2. The molecule has 1 aromatic rings. The number of nitrogens with zero attached hydrogens (tertiary/aromatic N) is 1. The summed E-state index contributed by atoms with van der Waals surface area (Å²) in [5, 5.41) is 19.9. The third-order valence-corrected chi connectivity index (χ3v) is 2.56. The summed E-state index contributed by atoms with van der Waals surface area (Å²) in [4.78, 5) is 34.2. The Labute approximate surface area is 121 Å². The average Bonchev–Trinajstić information content (AvgIpc) is 2.46. The van der Waals surface area contributed by atoms with Gasteiger partial charge in [0.15, 0.2) is 0 Å². The van der Waals surface area contributed by atoms with Crippen molar-refractivity contribution in [3.8, 4) is 6.07 Å². The van der Waals surface area contributed by atoms with Crippen LogP contribution in [0.25, 0.3) is 0 Å². The lowest BCUT2D eigenvalue weighted by atomic mass is 10.1. The summed E-state index contributed by atoms with van der Waals surface area (Å²) < 4.78 is 4.65. The van der Waals surface area contributed by atoms with Crippen LogP contribution in [-0.4, -0.2) is 35.6 Å². The molecule has 0 saturated carbocycles. The first-order chi connectivity index (χ1) is 9.97. The van der Waals surface area contributed by atoms with E-state index in [4.69, 9.17) is 10.4 Å². The highest BCUT2D eigenvalue weighted by Crippen LogP contribution is 2.05. The number of amides is 1. The van der Waals surface area contributed by atoms with Gasteiger partial charge in [-0.1, -0.05) is 0 Å². The number of benzene rings is 1. The fourth-order valence-electron chi connectivity index (χ4n) is 1.52. The van der Waals surface area contributed by atoms with Crippen molar-refractivity contribution in [2.75, 3.05) is 6.61 Å². The first-order valence-corrected chi connectivity index (χ1v) is 6.17. The Morgan fingerprint density at radius 3 is 2.43 bits per heavy atom. The van der Waals surface area contributed by atoms with Gasteiger partial charge < -0.3 is 15.2 Å². The van der Waals surface area contributed by atoms with Crippen molar-refractivity contribution in [3.63, 3.8) is 0 Å². The maximum absolute atomic E-state index is 11.9. The molecule has 0 saturated heterocycles. The molecule has 0 aliphatic carbocycles. The molecule has 1 atom stereocenters. The van der Waals surface area contributed by atoms with E-state index in [9.17, 15) is 14.4 Å². The normalized spacial score (nSPS) is 11.0. The van der Waals surface area contributed by atoms with Crippen LogP contribution in [0, 0.1) is 11.3 Å². The number of hydrogen-bond donors (Lipinski definition) is 2. The van der Waals surface area contributed by atoms with Gasteiger partial charge in [-0.05, 0) is 31.2 Å². The summed E-state index contributed by atoms with van der Waals surface area (Å²) in [6, 6.07) is 6.22. The lowest BCUT2D eigenvalue weighted by Crippen LogP contribution is -2.42. The summed E-state index contributed by atoms with van der Waals surface area (Å²) in [7, 11) is 0. The van der Waals surface area contributed by atoms with Gasteiger partial charge in [-0.25, -0.2) is 4.79 Å². The van der Waals surface area contributed by atoms with E-state index in [1.165, 1.54) is 24.3 Å². The minimum absolute atomic E-state index is 0.134. The summed E-state index contributed by atoms with van der Waals surface area (Å²) >= 11 is 0. The number of carboxylic acids is 1. The Bertz CT molecular complexity index is 574. The molecular formula is C14H14N2O5. The maximum atomic E-state index is 11.9. The van der Waals surface area contributed by atoms with Gasteiger partial charge in [0.25, 0.3) is 5.91 Å². The van der Waals surface area contributed by atoms with E-state index >= 15 is 0 Å². The van der Waals surface area contributed by atoms with Gasteiger partial charge >= 0.3 is 11.9 Å². The molecule has 2 N–H and O–H groups in total. The second-order valence-electron chi connectivity index (χ2n) is 4.06. The molecule has 0 unspecified atom stereocenters. The minimum atomic E-state index is -1.37. The first-order valence-electron chi connectivity index (χ1n) is 6.17. The maximum Gasteiger partial charge on any atom is 0.326 e. The van der Waals surface area contributed by atoms with Gasteiger partial charge in [0.1, 0.15) is 6.04 Å². The largest absolute Gasteiger partial charge is 0.480 e. The Morgan fingerprint density at radius 1 is 1.33 bits per heavy atom. The molecule has 1 rings (SSSR count). The second-order valence-corrected chi connectivity index (χ2v) is 4.06. The van der Waals surface area contributed by atoms with Gasteiger partial charge in [-0.2, -0.15) is 5.26 Å². The molecule has 0 radical (unpaired) electrons. The van der Waals surface area contributed by atoms with Crippen molar-refractivity contribution in [3.05, 3.63) is 35.4 Å². The van der Waals surface area contributed by atoms with Crippen molar-refractivity contribution in [1.82, 2.24) is 5.32 Å². The van der Waals surface area contributed by atoms with Crippen LogP contribution in [0.4, 0.5) is 0 Å². The number of carboxylic acid groups (broad SMARTS) is 1. The summed E-state index contributed by atoms with van der Waals surface area (Å²) in [6.45, 7) is 1.73. The van der Waals surface area contributed by atoms with Gasteiger partial charge in [-0.3, -0.25) is 9.59 Å². The summed E-state index contributed by atoms with van der Waals surface area (Å²) in [5.74, 6) is -2.67. The highest BCUT2D eigenvalue weighted by molar-refractivity contribution is 5.97. The van der Waals surface area contributed by atoms with Gasteiger partial charge in [0.05, 0.1) is 24.7 Å². The van der Waals surface area contributed by atoms with Crippen LogP contribution >= 0.6 is 0 Å². The molecule has 7 nitrogen and oxygen atoms in total. The number of nitriles is 1. The smallest absolute Gasteiger partial charge is 0.326 e. The molecule has 0 spiro atoms. The fourth-order valence-corrected chi connectivity index (χ4v) is 1.52. The molecule has 0 aromatic heterocycles. The third kappa shape index (κ3) is 4.95. The lowest BCUT2D eigenvalue weighted by molar-refractivity contribution is -0.149. The summed E-state index contributed by atoms with van der Waals surface area (Å²) in [6.07, 6.45) is -0.453. The van der Waals surface area contributed by atoms with Crippen LogP contribution in [0.2, 0.25) is 0 Å². The van der Waals surface area contributed by atoms with E-state index in [-0.39, 0.29) is 12.2 Å². The number of nitrogens with one attached hydrogen (secondary N) is 1. The van der Waals surface area contributed by atoms with Crippen LogP contribution in [0.5, 0.6) is 0 Å². The number of aliphatic carboxylic acids is 1. The van der Waals surface area contributed by atoms with E-state index in [1.807, 2.05) is 6.07 Å². The standard InChI is InChI=1S/C14H14N2O5/c1-2-21-12(17)7-11(14(19)20)16-13(18)10-5-3-9(8-15)4-6-10/h3-6,11H,2,7H2,1H3,(H,16,18)(H,19,20)/t11-/m0/s1. The molecule has 110 valence electrons. The van der Waals surface area contributed by atoms with Crippen molar-refractivity contribution < 1.29 is 24.2 Å². The zero-order chi connectivity index (χ0) is 15.8. The number of carbonyl (C=O) groups is 3. The van der Waals surface area contributed by atoms with Crippen LogP contribution in [0.3, 0.4) is 0 Å². The zero-order valence-corrected chi connectivity index (χ0v) is 11.3. The molecule has 0 bridgehead atoms. The highest BCUT2D eigenvalue weighted by atomic mass is 16.5. The molecule has 7 heteroatoms. The highest BCUT2D eigenvalue weighted by Gasteiger charge is 2.24. The van der Waals surface area contributed by atoms with Crippen molar-refractivity contribution in [2.24, 2.45) is 0 Å². The molecule has 0 fully saturated rings. The number of ether oxygens (including phenoxy) is 1. The van der Waals surface area contributed by atoms with Gasteiger partial charge in [0.2, 0.25) is 0 Å². The Morgan fingerprint density at radius 2 is 1.95 bits per heavy atom.